The summed E-state index contributed by atoms with van der Waals surface area (Å²) in [6.07, 6.45) is 0.983. The van der Waals surface area contributed by atoms with Gasteiger partial charge in [-0.15, -0.1) is 0 Å². The molecule has 5 atom stereocenters. The number of carbonyl (C=O) groups excluding carboxylic acids is 2. The highest BCUT2D eigenvalue weighted by Gasteiger charge is 2.48. The van der Waals surface area contributed by atoms with Gasteiger partial charge >= 0.3 is 6.09 Å². The average Bonchev–Trinajstić information content (AvgIpc) is 3.35. The van der Waals surface area contributed by atoms with E-state index in [4.69, 9.17) is 14.2 Å². The van der Waals surface area contributed by atoms with Crippen LogP contribution in [0.1, 0.15) is 58.9 Å². The van der Waals surface area contributed by atoms with Gasteiger partial charge in [0.2, 0.25) is 5.91 Å². The fourth-order valence-electron chi connectivity index (χ4n) is 4.48. The third-order valence-electron chi connectivity index (χ3n) is 6.82. The highest BCUT2D eigenvalue weighted by molar-refractivity contribution is 5.95. The number of hydrogen-bond acceptors (Lipinski definition) is 6. The second-order valence-electron chi connectivity index (χ2n) is 9.57. The minimum absolute atomic E-state index is 0.104. The number of rotatable bonds is 10. The van der Waals surface area contributed by atoms with Crippen LogP contribution in [0.3, 0.4) is 0 Å². The molecule has 7 nitrogen and oxygen atoms in total. The molecule has 2 amide bonds. The van der Waals surface area contributed by atoms with Gasteiger partial charge in [-0.1, -0.05) is 44.2 Å². The number of aliphatic hydroxyl groups excluding tert-OH is 1. The van der Waals surface area contributed by atoms with Gasteiger partial charge in [-0.2, -0.15) is 0 Å². The molecule has 2 aliphatic heterocycles. The maximum absolute atomic E-state index is 13.6. The lowest BCUT2D eigenvalue weighted by Gasteiger charge is -2.32. The molecule has 0 radical (unpaired) electrons. The fourth-order valence-corrected chi connectivity index (χ4v) is 4.48. The van der Waals surface area contributed by atoms with E-state index < -0.39 is 23.7 Å². The molecule has 0 saturated carbocycles. The van der Waals surface area contributed by atoms with Gasteiger partial charge in [-0.3, -0.25) is 4.79 Å². The highest BCUT2D eigenvalue weighted by Crippen LogP contribution is 2.38. The van der Waals surface area contributed by atoms with E-state index in [2.05, 4.69) is 0 Å². The van der Waals surface area contributed by atoms with Gasteiger partial charge in [0.1, 0.15) is 6.61 Å². The molecule has 0 aromatic heterocycles. The zero-order valence-corrected chi connectivity index (χ0v) is 19.7. The van der Waals surface area contributed by atoms with E-state index in [0.29, 0.717) is 38.9 Å². The summed E-state index contributed by atoms with van der Waals surface area (Å²) in [7, 11) is 0. The van der Waals surface area contributed by atoms with Gasteiger partial charge in [0.15, 0.2) is 0 Å². The third kappa shape index (κ3) is 5.69. The highest BCUT2D eigenvalue weighted by atomic mass is 16.6. The lowest BCUT2D eigenvalue weighted by atomic mass is 9.90. The van der Waals surface area contributed by atoms with E-state index in [9.17, 15) is 14.7 Å². The molecular weight excluding hydrogens is 410 g/mol. The summed E-state index contributed by atoms with van der Waals surface area (Å²) in [4.78, 5) is 27.3. The number of nitrogens with zero attached hydrogens (tertiary/aromatic N) is 1. The normalized spacial score (nSPS) is 27.6. The topological polar surface area (TPSA) is 85.3 Å². The minimum atomic E-state index is -0.685. The van der Waals surface area contributed by atoms with Crippen LogP contribution in [0.15, 0.2) is 30.3 Å². The SMILES string of the molecule is CC(C)[C@H]1COC(=O)N1C(=O)[C@@H](CCCOCc1ccccc1)[C@H]1CC[C@@](C)([C@@H](C)O)O1. The Morgan fingerprint density at radius 1 is 1.28 bits per heavy atom. The molecule has 1 aromatic carbocycles. The first-order valence-corrected chi connectivity index (χ1v) is 11.7. The Morgan fingerprint density at radius 2 is 2.00 bits per heavy atom. The van der Waals surface area contributed by atoms with E-state index in [1.807, 2.05) is 51.1 Å². The van der Waals surface area contributed by atoms with Crippen LogP contribution in [-0.4, -0.2) is 59.1 Å². The Hall–Kier alpha value is -1.96. The van der Waals surface area contributed by atoms with Crippen molar-refractivity contribution >= 4 is 12.0 Å². The van der Waals surface area contributed by atoms with Crippen LogP contribution < -0.4 is 0 Å². The second kappa shape index (κ2) is 10.8. The van der Waals surface area contributed by atoms with Gasteiger partial charge in [0.25, 0.3) is 0 Å². The molecule has 2 saturated heterocycles. The Labute approximate surface area is 191 Å². The molecule has 2 aliphatic rings. The molecule has 32 heavy (non-hydrogen) atoms. The van der Waals surface area contributed by atoms with Crippen molar-refractivity contribution in [2.75, 3.05) is 13.2 Å². The molecule has 2 heterocycles. The first-order chi connectivity index (χ1) is 15.2. The van der Waals surface area contributed by atoms with Crippen LogP contribution in [0.2, 0.25) is 0 Å². The lowest BCUT2D eigenvalue weighted by molar-refractivity contribution is -0.148. The summed E-state index contributed by atoms with van der Waals surface area (Å²) in [5.74, 6) is -0.621. The monoisotopic (exact) mass is 447 g/mol. The summed E-state index contributed by atoms with van der Waals surface area (Å²) in [6, 6.07) is 9.68. The first-order valence-electron chi connectivity index (χ1n) is 11.7. The predicted molar refractivity (Wildman–Crippen MR) is 120 cm³/mol. The molecule has 0 bridgehead atoms. The quantitative estimate of drug-likeness (QED) is 0.547. The predicted octanol–water partition coefficient (Wildman–Crippen LogP) is 3.92. The summed E-state index contributed by atoms with van der Waals surface area (Å²) >= 11 is 0. The van der Waals surface area contributed by atoms with E-state index in [1.165, 1.54) is 4.90 Å². The largest absolute Gasteiger partial charge is 0.447 e. The lowest BCUT2D eigenvalue weighted by Crippen LogP contribution is -2.48. The molecule has 3 rings (SSSR count). The first kappa shape index (κ1) is 24.7. The molecule has 0 aliphatic carbocycles. The minimum Gasteiger partial charge on any atom is -0.447 e. The molecule has 2 fully saturated rings. The number of imide groups is 1. The molecule has 1 N–H and O–H groups in total. The van der Waals surface area contributed by atoms with Crippen LogP contribution in [0.25, 0.3) is 0 Å². The summed E-state index contributed by atoms with van der Waals surface area (Å²) in [5, 5.41) is 10.2. The molecule has 7 heteroatoms. The fraction of sp³-hybridized carbons (Fsp3) is 0.680. The zero-order chi connectivity index (χ0) is 23.3. The van der Waals surface area contributed by atoms with Gasteiger partial charge in [0.05, 0.1) is 36.4 Å². The van der Waals surface area contributed by atoms with Crippen molar-refractivity contribution in [2.24, 2.45) is 11.8 Å². The number of ether oxygens (including phenoxy) is 3. The molecule has 1 aromatic rings. The smallest absolute Gasteiger partial charge is 0.416 e. The third-order valence-corrected chi connectivity index (χ3v) is 6.82. The van der Waals surface area contributed by atoms with Gasteiger partial charge in [0, 0.05) is 6.61 Å². The van der Waals surface area contributed by atoms with Crippen molar-refractivity contribution in [1.29, 1.82) is 0 Å². The number of carbonyl (C=O) groups is 2. The average molecular weight is 448 g/mol. The van der Waals surface area contributed by atoms with E-state index in [1.54, 1.807) is 6.92 Å². The molecule has 178 valence electrons. The Kier molecular flexibility index (Phi) is 8.31. The van der Waals surface area contributed by atoms with Crippen molar-refractivity contribution in [2.45, 2.75) is 83.8 Å². The number of cyclic esters (lactones) is 1. The number of benzene rings is 1. The number of hydrogen-bond donors (Lipinski definition) is 1. The van der Waals surface area contributed by atoms with Gasteiger partial charge in [-0.05, 0) is 51.0 Å². The molecule has 0 unspecified atom stereocenters. The maximum atomic E-state index is 13.6. The summed E-state index contributed by atoms with van der Waals surface area (Å²) < 4.78 is 17.2. The number of aliphatic hydroxyl groups is 1. The van der Waals surface area contributed by atoms with E-state index in [0.717, 1.165) is 5.56 Å². The van der Waals surface area contributed by atoms with Crippen molar-refractivity contribution < 1.29 is 28.9 Å². The Bertz CT molecular complexity index is 767. The Balaban J connectivity index is 1.66. The van der Waals surface area contributed by atoms with Crippen LogP contribution in [0.4, 0.5) is 4.79 Å². The van der Waals surface area contributed by atoms with Gasteiger partial charge in [-0.25, -0.2) is 9.69 Å². The second-order valence-corrected chi connectivity index (χ2v) is 9.57. The van der Waals surface area contributed by atoms with Crippen molar-refractivity contribution in [1.82, 2.24) is 4.90 Å². The zero-order valence-electron chi connectivity index (χ0n) is 19.7. The van der Waals surface area contributed by atoms with E-state index in [-0.39, 0.29) is 30.6 Å². The van der Waals surface area contributed by atoms with Crippen LogP contribution in [0, 0.1) is 11.8 Å². The maximum Gasteiger partial charge on any atom is 0.416 e. The molecular formula is C25H37NO6. The van der Waals surface area contributed by atoms with Crippen LogP contribution in [0.5, 0.6) is 0 Å². The Morgan fingerprint density at radius 3 is 2.62 bits per heavy atom. The number of amides is 2. The summed E-state index contributed by atoms with van der Waals surface area (Å²) in [5.41, 5.74) is 0.419. The van der Waals surface area contributed by atoms with E-state index >= 15 is 0 Å². The van der Waals surface area contributed by atoms with Gasteiger partial charge < -0.3 is 19.3 Å². The van der Waals surface area contributed by atoms with Crippen molar-refractivity contribution in [3.8, 4) is 0 Å². The van der Waals surface area contributed by atoms with Crippen molar-refractivity contribution in [3.63, 3.8) is 0 Å². The van der Waals surface area contributed by atoms with Crippen molar-refractivity contribution in [3.05, 3.63) is 35.9 Å². The van der Waals surface area contributed by atoms with Crippen LogP contribution in [-0.2, 0) is 25.6 Å². The van der Waals surface area contributed by atoms with Crippen LogP contribution >= 0.6 is 0 Å². The summed E-state index contributed by atoms with van der Waals surface area (Å²) in [6.45, 7) is 8.81. The molecule has 0 spiro atoms. The standard InChI is InChI=1S/C25H37NO6/c1-17(2)21-16-31-24(29)26(21)23(28)20(22-12-13-25(4,32-22)18(3)27)11-8-14-30-15-19-9-6-5-7-10-19/h5-7,9-10,17-18,20-22,27H,8,11-16H2,1-4H3/t18-,20+,21-,22-,25+/m1/s1.